The van der Waals surface area contributed by atoms with E-state index in [1.54, 1.807) is 0 Å². The summed E-state index contributed by atoms with van der Waals surface area (Å²) in [6.45, 7) is 7.35. The Hall–Kier alpha value is -1.43. The molecule has 32 heavy (non-hydrogen) atoms. The van der Waals surface area contributed by atoms with Crippen molar-refractivity contribution in [1.29, 1.82) is 0 Å². The number of aliphatic hydroxyl groups is 1. The lowest BCUT2D eigenvalue weighted by Crippen LogP contribution is -2.57. The van der Waals surface area contributed by atoms with Crippen LogP contribution in [-0.2, 0) is 4.79 Å². The summed E-state index contributed by atoms with van der Waals surface area (Å²) in [6.07, 6.45) is 13.9. The Balaban J connectivity index is 1.47. The number of carboxylic acid groups (broad SMARTS) is 1. The Morgan fingerprint density at radius 3 is 2.59 bits per heavy atom. The first-order valence-electron chi connectivity index (χ1n) is 13.0. The Bertz CT molecular complexity index is 828. The van der Waals surface area contributed by atoms with Crippen LogP contribution in [0.25, 0.3) is 0 Å². The number of aliphatic hydroxyl groups excluding tert-OH is 1. The molecular formula is C26H41N3O3. The van der Waals surface area contributed by atoms with E-state index >= 15 is 0 Å². The first-order chi connectivity index (χ1) is 15.2. The fourth-order valence-electron chi connectivity index (χ4n) is 9.41. The number of nitrogens with zero attached hydrogens (tertiary/aromatic N) is 3. The predicted octanol–water partition coefficient (Wildman–Crippen LogP) is 4.95. The second-order valence-corrected chi connectivity index (χ2v) is 12.2. The lowest BCUT2D eigenvalue weighted by atomic mass is 9.43. The highest BCUT2D eigenvalue weighted by Gasteiger charge is 2.63. The summed E-state index contributed by atoms with van der Waals surface area (Å²) in [5, 5.41) is 28.4. The van der Waals surface area contributed by atoms with Crippen LogP contribution in [0, 0.1) is 46.3 Å². The van der Waals surface area contributed by atoms with E-state index < -0.39 is 5.97 Å². The van der Waals surface area contributed by atoms with Gasteiger partial charge in [-0.1, -0.05) is 26.0 Å². The quantitative estimate of drug-likeness (QED) is 0.672. The van der Waals surface area contributed by atoms with Gasteiger partial charge in [-0.25, -0.2) is 4.68 Å². The number of carboxylic acids is 1. The van der Waals surface area contributed by atoms with E-state index in [2.05, 4.69) is 42.0 Å². The topological polar surface area (TPSA) is 88.2 Å². The van der Waals surface area contributed by atoms with Gasteiger partial charge in [-0.3, -0.25) is 4.79 Å². The first-order valence-corrected chi connectivity index (χ1v) is 13.0. The van der Waals surface area contributed by atoms with Gasteiger partial charge in [0.1, 0.15) is 0 Å². The summed E-state index contributed by atoms with van der Waals surface area (Å²) < 4.78 is 2.14. The Morgan fingerprint density at radius 1 is 1.12 bits per heavy atom. The van der Waals surface area contributed by atoms with Crippen LogP contribution in [0.4, 0.5) is 0 Å². The predicted molar refractivity (Wildman–Crippen MR) is 122 cm³/mol. The molecule has 178 valence electrons. The minimum absolute atomic E-state index is 0.152. The number of carbonyl (C=O) groups is 1. The van der Waals surface area contributed by atoms with Crippen molar-refractivity contribution in [3.05, 3.63) is 12.4 Å². The Kier molecular flexibility index (Phi) is 5.67. The van der Waals surface area contributed by atoms with Crippen LogP contribution >= 0.6 is 0 Å². The minimum Gasteiger partial charge on any atom is -0.481 e. The SMILES string of the molecule is C[C@H](CCC(=O)O)[C@H]1CCC2C3C(n4ccnn4)CC4C[C@H](O)CC[C@]4(C)C3CC[C@@]21C. The summed E-state index contributed by atoms with van der Waals surface area (Å²) >= 11 is 0. The molecule has 4 saturated carbocycles. The highest BCUT2D eigenvalue weighted by atomic mass is 16.4. The maximum atomic E-state index is 11.2. The van der Waals surface area contributed by atoms with E-state index in [0.717, 1.165) is 32.1 Å². The van der Waals surface area contributed by atoms with E-state index in [-0.39, 0.29) is 17.9 Å². The molecule has 0 spiro atoms. The van der Waals surface area contributed by atoms with Crippen molar-refractivity contribution < 1.29 is 15.0 Å². The van der Waals surface area contributed by atoms with Crippen LogP contribution in [0.3, 0.4) is 0 Å². The molecule has 0 aliphatic heterocycles. The highest BCUT2D eigenvalue weighted by Crippen LogP contribution is 2.70. The molecule has 4 aliphatic carbocycles. The average Bonchev–Trinajstić information content (AvgIpc) is 3.39. The summed E-state index contributed by atoms with van der Waals surface area (Å²) in [7, 11) is 0. The lowest BCUT2D eigenvalue weighted by Gasteiger charge is -2.63. The van der Waals surface area contributed by atoms with Gasteiger partial charge in [-0.2, -0.15) is 0 Å². The van der Waals surface area contributed by atoms with Crippen molar-refractivity contribution in [2.24, 2.45) is 46.3 Å². The maximum absolute atomic E-state index is 11.2. The molecule has 6 heteroatoms. The first kappa shape index (κ1) is 22.4. The summed E-state index contributed by atoms with van der Waals surface area (Å²) in [5.41, 5.74) is 0.602. The van der Waals surface area contributed by atoms with Crippen molar-refractivity contribution >= 4 is 5.97 Å². The summed E-state index contributed by atoms with van der Waals surface area (Å²) in [5.74, 6) is 2.90. The average molecular weight is 444 g/mol. The molecule has 1 heterocycles. The van der Waals surface area contributed by atoms with Gasteiger partial charge >= 0.3 is 5.97 Å². The van der Waals surface area contributed by atoms with Crippen molar-refractivity contribution in [1.82, 2.24) is 15.0 Å². The molecule has 0 bridgehead atoms. The van der Waals surface area contributed by atoms with Gasteiger partial charge in [0.2, 0.25) is 0 Å². The molecule has 4 aliphatic rings. The van der Waals surface area contributed by atoms with Gasteiger partial charge in [-0.15, -0.1) is 5.10 Å². The van der Waals surface area contributed by atoms with Crippen LogP contribution in [-0.4, -0.2) is 37.3 Å². The molecule has 2 N–H and O–H groups in total. The van der Waals surface area contributed by atoms with Crippen molar-refractivity contribution in [2.45, 2.75) is 97.1 Å². The molecule has 0 aromatic carbocycles. The fourth-order valence-corrected chi connectivity index (χ4v) is 9.41. The smallest absolute Gasteiger partial charge is 0.303 e. The largest absolute Gasteiger partial charge is 0.481 e. The number of aliphatic carboxylic acids is 1. The zero-order chi connectivity index (χ0) is 22.7. The van der Waals surface area contributed by atoms with Crippen LogP contribution in [0.5, 0.6) is 0 Å². The number of rotatable bonds is 5. The van der Waals surface area contributed by atoms with Gasteiger partial charge in [-0.05, 0) is 104 Å². The zero-order valence-electron chi connectivity index (χ0n) is 20.0. The standard InChI is InChI=1S/C26H41N3O3/c1-16(4-7-23(31)32)19-5-6-20-24-21(9-11-26(19,20)3)25(2)10-8-18(30)14-17(25)15-22(24)29-13-12-27-28-29/h12-13,16-22,24,30H,4-11,14-15H2,1-3H3,(H,31,32)/t16-,17?,18-,19-,20?,21?,22?,24?,25+,26-/m1/s1. The molecule has 0 saturated heterocycles. The number of hydrogen-bond donors (Lipinski definition) is 2. The van der Waals surface area contributed by atoms with Crippen molar-refractivity contribution in [2.75, 3.05) is 0 Å². The van der Waals surface area contributed by atoms with Crippen LogP contribution in [0.15, 0.2) is 12.4 Å². The molecule has 0 radical (unpaired) electrons. The monoisotopic (exact) mass is 443 g/mol. The zero-order valence-corrected chi connectivity index (χ0v) is 20.0. The van der Waals surface area contributed by atoms with E-state index in [0.29, 0.717) is 47.0 Å². The molecule has 0 amide bonds. The third-order valence-electron chi connectivity index (χ3n) is 11.0. The van der Waals surface area contributed by atoms with Gasteiger partial charge in [0.15, 0.2) is 0 Å². The molecule has 10 atom stereocenters. The van der Waals surface area contributed by atoms with E-state index in [1.165, 1.54) is 25.7 Å². The Labute approximate surface area is 192 Å². The normalized spacial score (nSPS) is 46.7. The second kappa shape index (κ2) is 8.11. The van der Waals surface area contributed by atoms with Crippen molar-refractivity contribution in [3.63, 3.8) is 0 Å². The van der Waals surface area contributed by atoms with Crippen LogP contribution < -0.4 is 0 Å². The molecule has 5 rings (SSSR count). The summed E-state index contributed by atoms with van der Waals surface area (Å²) in [6, 6.07) is 0.364. The van der Waals surface area contributed by atoms with Crippen LogP contribution in [0.2, 0.25) is 0 Å². The van der Waals surface area contributed by atoms with Crippen LogP contribution in [0.1, 0.15) is 91.0 Å². The minimum atomic E-state index is -0.669. The second-order valence-electron chi connectivity index (χ2n) is 12.2. The molecular weight excluding hydrogens is 402 g/mol. The van der Waals surface area contributed by atoms with Crippen molar-refractivity contribution in [3.8, 4) is 0 Å². The van der Waals surface area contributed by atoms with E-state index in [1.807, 2.05) is 6.20 Å². The van der Waals surface area contributed by atoms with Gasteiger partial charge < -0.3 is 10.2 Å². The molecule has 4 fully saturated rings. The van der Waals surface area contributed by atoms with E-state index in [4.69, 9.17) is 0 Å². The van der Waals surface area contributed by atoms with Gasteiger partial charge in [0.05, 0.1) is 18.3 Å². The third-order valence-corrected chi connectivity index (χ3v) is 11.0. The highest BCUT2D eigenvalue weighted by molar-refractivity contribution is 5.66. The Morgan fingerprint density at radius 2 is 1.88 bits per heavy atom. The molecule has 1 aromatic heterocycles. The third kappa shape index (κ3) is 3.43. The van der Waals surface area contributed by atoms with Gasteiger partial charge in [0.25, 0.3) is 0 Å². The maximum Gasteiger partial charge on any atom is 0.303 e. The lowest BCUT2D eigenvalue weighted by molar-refractivity contribution is -0.151. The van der Waals surface area contributed by atoms with Gasteiger partial charge in [0, 0.05) is 12.6 Å². The number of aromatic nitrogens is 3. The summed E-state index contributed by atoms with van der Waals surface area (Å²) in [4.78, 5) is 11.2. The molecule has 5 unspecified atom stereocenters. The fraction of sp³-hybridized carbons (Fsp3) is 0.885. The van der Waals surface area contributed by atoms with E-state index in [9.17, 15) is 15.0 Å². The number of fused-ring (bicyclic) bond motifs is 5. The molecule has 6 nitrogen and oxygen atoms in total. The number of hydrogen-bond acceptors (Lipinski definition) is 4. The molecule has 1 aromatic rings.